The predicted octanol–water partition coefficient (Wildman–Crippen LogP) is 3.88. The minimum Gasteiger partial charge on any atom is -0.465 e. The molecule has 2 unspecified atom stereocenters. The van der Waals surface area contributed by atoms with E-state index in [4.69, 9.17) is 10.2 Å². The first kappa shape index (κ1) is 15.6. The molecule has 2 N–H and O–H groups in total. The molecule has 3 nitrogen and oxygen atoms in total. The third-order valence-electron chi connectivity index (χ3n) is 4.93. The Morgan fingerprint density at radius 2 is 1.95 bits per heavy atom. The smallest absolute Gasteiger partial charge is 0.122 e. The summed E-state index contributed by atoms with van der Waals surface area (Å²) >= 11 is 0. The molecule has 0 saturated heterocycles. The van der Waals surface area contributed by atoms with Crippen LogP contribution < -0.4 is 5.73 Å². The second-order valence-corrected chi connectivity index (χ2v) is 6.54. The molecule has 114 valence electrons. The van der Waals surface area contributed by atoms with E-state index < -0.39 is 0 Å². The fourth-order valence-electron chi connectivity index (χ4n) is 3.43. The van der Waals surface area contributed by atoms with Gasteiger partial charge in [0.15, 0.2) is 0 Å². The lowest BCUT2D eigenvalue weighted by atomic mass is 9.85. The zero-order chi connectivity index (χ0) is 14.7. The molecule has 1 aromatic heterocycles. The lowest BCUT2D eigenvalue weighted by Gasteiger charge is -2.39. The normalized spacial score (nSPS) is 26.7. The van der Waals surface area contributed by atoms with Gasteiger partial charge in [0.05, 0.1) is 6.04 Å². The quantitative estimate of drug-likeness (QED) is 0.889. The molecule has 0 radical (unpaired) electrons. The van der Waals surface area contributed by atoms with E-state index in [0.717, 1.165) is 23.9 Å². The summed E-state index contributed by atoms with van der Waals surface area (Å²) < 4.78 is 5.88. The van der Waals surface area contributed by atoms with E-state index >= 15 is 0 Å². The zero-order valence-electron chi connectivity index (χ0n) is 13.4. The van der Waals surface area contributed by atoms with Gasteiger partial charge < -0.3 is 10.2 Å². The summed E-state index contributed by atoms with van der Waals surface area (Å²) in [5.41, 5.74) is 6.39. The lowest BCUT2D eigenvalue weighted by Crippen LogP contribution is -2.45. The third kappa shape index (κ3) is 3.44. The largest absolute Gasteiger partial charge is 0.465 e. The van der Waals surface area contributed by atoms with Gasteiger partial charge in [-0.15, -0.1) is 0 Å². The molecule has 2 atom stereocenters. The maximum Gasteiger partial charge on any atom is 0.122 e. The molecular weight excluding hydrogens is 248 g/mol. The van der Waals surface area contributed by atoms with Crippen molar-refractivity contribution in [3.63, 3.8) is 0 Å². The Kier molecular flexibility index (Phi) is 5.28. The Labute approximate surface area is 123 Å². The van der Waals surface area contributed by atoms with E-state index in [2.05, 4.69) is 31.9 Å². The molecule has 20 heavy (non-hydrogen) atoms. The van der Waals surface area contributed by atoms with Crippen LogP contribution in [0.4, 0.5) is 0 Å². The average molecular weight is 278 g/mol. The highest BCUT2D eigenvalue weighted by Gasteiger charge is 2.32. The number of rotatable bonds is 5. The summed E-state index contributed by atoms with van der Waals surface area (Å²) in [7, 11) is 2.22. The van der Waals surface area contributed by atoms with Crippen LogP contribution in [0.1, 0.15) is 63.5 Å². The molecule has 1 aliphatic carbocycles. The first-order valence-corrected chi connectivity index (χ1v) is 8.06. The second kappa shape index (κ2) is 6.77. The summed E-state index contributed by atoms with van der Waals surface area (Å²) in [6.07, 6.45) is 6.20. The SMILES string of the molecule is CCC(N)C(c1ccc(C)o1)N(C)C1CCC(C)CC1. The third-order valence-corrected chi connectivity index (χ3v) is 4.93. The Bertz CT molecular complexity index is 407. The van der Waals surface area contributed by atoms with Crippen LogP contribution in [0.15, 0.2) is 16.5 Å². The Morgan fingerprint density at radius 1 is 1.30 bits per heavy atom. The summed E-state index contributed by atoms with van der Waals surface area (Å²) in [6, 6.07) is 5.11. The summed E-state index contributed by atoms with van der Waals surface area (Å²) in [5.74, 6) is 2.88. The van der Waals surface area contributed by atoms with Crippen molar-refractivity contribution >= 4 is 0 Å². The molecule has 1 fully saturated rings. The number of aryl methyl sites for hydroxylation is 1. The van der Waals surface area contributed by atoms with E-state index in [-0.39, 0.29) is 12.1 Å². The maximum absolute atomic E-state index is 6.39. The lowest BCUT2D eigenvalue weighted by molar-refractivity contribution is 0.0932. The molecule has 0 spiro atoms. The van der Waals surface area contributed by atoms with Crippen LogP contribution in [-0.2, 0) is 0 Å². The fourth-order valence-corrected chi connectivity index (χ4v) is 3.43. The highest BCUT2D eigenvalue weighted by molar-refractivity contribution is 5.12. The molecule has 0 amide bonds. The minimum absolute atomic E-state index is 0.130. The van der Waals surface area contributed by atoms with Gasteiger partial charge in [0.2, 0.25) is 0 Å². The van der Waals surface area contributed by atoms with Crippen molar-refractivity contribution in [2.24, 2.45) is 11.7 Å². The van der Waals surface area contributed by atoms with Crippen LogP contribution in [0.25, 0.3) is 0 Å². The standard InChI is InChI=1S/C17H30N2O/c1-5-15(18)17(16-11-8-13(3)20-16)19(4)14-9-6-12(2)7-10-14/h8,11-12,14-15,17H,5-7,9-10,18H2,1-4H3. The van der Waals surface area contributed by atoms with E-state index in [1.54, 1.807) is 0 Å². The number of hydrogen-bond acceptors (Lipinski definition) is 3. The molecule has 1 aromatic rings. The zero-order valence-corrected chi connectivity index (χ0v) is 13.4. The monoisotopic (exact) mass is 278 g/mol. The molecule has 3 heteroatoms. The van der Waals surface area contributed by atoms with Crippen molar-refractivity contribution in [1.82, 2.24) is 4.90 Å². The van der Waals surface area contributed by atoms with Crippen LogP contribution in [0.2, 0.25) is 0 Å². The van der Waals surface area contributed by atoms with Crippen molar-refractivity contribution in [2.45, 2.75) is 71.0 Å². The van der Waals surface area contributed by atoms with Gasteiger partial charge in [-0.3, -0.25) is 4.90 Å². The first-order chi connectivity index (χ1) is 9.52. The molecule has 0 aromatic carbocycles. The average Bonchev–Trinajstić information content (AvgIpc) is 2.85. The van der Waals surface area contributed by atoms with Crippen molar-refractivity contribution in [1.29, 1.82) is 0 Å². The molecule has 2 rings (SSSR count). The van der Waals surface area contributed by atoms with E-state index in [1.165, 1.54) is 25.7 Å². The summed E-state index contributed by atoms with van der Waals surface area (Å²) in [5, 5.41) is 0. The van der Waals surface area contributed by atoms with Gasteiger partial charge in [0, 0.05) is 12.1 Å². The number of furan rings is 1. The number of nitrogens with two attached hydrogens (primary N) is 1. The van der Waals surface area contributed by atoms with Crippen LogP contribution in [-0.4, -0.2) is 24.0 Å². The van der Waals surface area contributed by atoms with Gasteiger partial charge in [-0.2, -0.15) is 0 Å². The van der Waals surface area contributed by atoms with Gasteiger partial charge in [-0.05, 0) is 64.1 Å². The summed E-state index contributed by atoms with van der Waals surface area (Å²) in [4.78, 5) is 2.47. The highest BCUT2D eigenvalue weighted by atomic mass is 16.3. The maximum atomic E-state index is 6.39. The molecule has 0 aliphatic heterocycles. The minimum atomic E-state index is 0.130. The van der Waals surface area contributed by atoms with E-state index in [9.17, 15) is 0 Å². The van der Waals surface area contributed by atoms with Crippen molar-refractivity contribution < 1.29 is 4.42 Å². The van der Waals surface area contributed by atoms with Gasteiger partial charge in [0.25, 0.3) is 0 Å². The number of nitrogens with zero attached hydrogens (tertiary/aromatic N) is 1. The van der Waals surface area contributed by atoms with E-state index in [0.29, 0.717) is 6.04 Å². The molecule has 1 aliphatic rings. The number of likely N-dealkylation sites (N-methyl/N-ethyl adjacent to an activating group) is 1. The fraction of sp³-hybridized carbons (Fsp3) is 0.765. The second-order valence-electron chi connectivity index (χ2n) is 6.54. The Balaban J connectivity index is 2.14. The summed E-state index contributed by atoms with van der Waals surface area (Å²) in [6.45, 7) is 6.52. The van der Waals surface area contributed by atoms with Gasteiger partial charge in [-0.1, -0.05) is 13.8 Å². The molecule has 1 saturated carbocycles. The molecule has 0 bridgehead atoms. The predicted molar refractivity (Wildman–Crippen MR) is 83.6 cm³/mol. The van der Waals surface area contributed by atoms with Crippen LogP contribution >= 0.6 is 0 Å². The van der Waals surface area contributed by atoms with Gasteiger partial charge in [-0.25, -0.2) is 0 Å². The van der Waals surface area contributed by atoms with Crippen LogP contribution in [0, 0.1) is 12.8 Å². The molecular formula is C17H30N2O. The highest BCUT2D eigenvalue weighted by Crippen LogP contribution is 2.33. The van der Waals surface area contributed by atoms with Crippen LogP contribution in [0.3, 0.4) is 0 Å². The van der Waals surface area contributed by atoms with Crippen molar-refractivity contribution in [3.8, 4) is 0 Å². The Hall–Kier alpha value is -0.800. The molecule has 1 heterocycles. The number of hydrogen-bond donors (Lipinski definition) is 1. The van der Waals surface area contributed by atoms with Gasteiger partial charge in [0.1, 0.15) is 11.5 Å². The van der Waals surface area contributed by atoms with Crippen LogP contribution in [0.5, 0.6) is 0 Å². The Morgan fingerprint density at radius 3 is 2.45 bits per heavy atom. The van der Waals surface area contributed by atoms with Crippen molar-refractivity contribution in [3.05, 3.63) is 23.7 Å². The van der Waals surface area contributed by atoms with E-state index in [1.807, 2.05) is 13.0 Å². The first-order valence-electron chi connectivity index (χ1n) is 8.06. The topological polar surface area (TPSA) is 42.4 Å². The van der Waals surface area contributed by atoms with Gasteiger partial charge >= 0.3 is 0 Å². The van der Waals surface area contributed by atoms with Crippen molar-refractivity contribution in [2.75, 3.05) is 7.05 Å².